The van der Waals surface area contributed by atoms with Gasteiger partial charge in [0.25, 0.3) is 0 Å². The smallest absolute Gasteiger partial charge is 0.303 e. The molecule has 1 aromatic rings. The van der Waals surface area contributed by atoms with E-state index < -0.39 is 5.97 Å². The monoisotopic (exact) mass is 261 g/mol. The lowest BCUT2D eigenvalue weighted by molar-refractivity contribution is -0.151. The summed E-state index contributed by atoms with van der Waals surface area (Å²) in [6.07, 6.45) is 10.5. The Hall–Kier alpha value is -1.39. The second kappa shape index (κ2) is 3.58. The summed E-state index contributed by atoms with van der Waals surface area (Å²) in [5, 5.41) is 13.6. The van der Waals surface area contributed by atoms with E-state index in [1.165, 1.54) is 6.42 Å². The first-order valence-electron chi connectivity index (χ1n) is 7.16. The lowest BCUT2D eigenvalue weighted by atomic mass is 9.46. The molecule has 4 aliphatic carbocycles. The highest BCUT2D eigenvalue weighted by Gasteiger charge is 2.59. The number of aliphatic carboxylic acids is 1. The molecule has 1 aromatic heterocycles. The van der Waals surface area contributed by atoms with Crippen molar-refractivity contribution < 1.29 is 9.90 Å². The fraction of sp³-hybridized carbons (Fsp3) is 0.786. The van der Waals surface area contributed by atoms with Crippen molar-refractivity contribution in [3.8, 4) is 0 Å². The Morgan fingerprint density at radius 3 is 2.63 bits per heavy atom. The molecule has 5 nitrogen and oxygen atoms in total. The van der Waals surface area contributed by atoms with E-state index in [4.69, 9.17) is 0 Å². The first-order chi connectivity index (χ1) is 9.09. The van der Waals surface area contributed by atoms with Crippen LogP contribution in [0.4, 0.5) is 0 Å². The van der Waals surface area contributed by atoms with E-state index >= 15 is 0 Å². The van der Waals surface area contributed by atoms with Crippen LogP contribution in [0.25, 0.3) is 0 Å². The second-order valence-corrected chi connectivity index (χ2v) is 7.10. The molecule has 1 N–H and O–H groups in total. The molecule has 0 radical (unpaired) electrons. The average Bonchev–Trinajstić information content (AvgIpc) is 2.78. The largest absolute Gasteiger partial charge is 0.481 e. The summed E-state index contributed by atoms with van der Waals surface area (Å²) in [5.74, 6) is 0.727. The zero-order valence-corrected chi connectivity index (χ0v) is 11.0. The third kappa shape index (κ3) is 1.63. The van der Waals surface area contributed by atoms with Gasteiger partial charge in [-0.15, -0.1) is 0 Å². The molecule has 19 heavy (non-hydrogen) atoms. The number of rotatable bonds is 3. The van der Waals surface area contributed by atoms with Crippen LogP contribution in [0.15, 0.2) is 12.7 Å². The molecule has 0 saturated heterocycles. The predicted octanol–water partition coefficient (Wildman–Crippen LogP) is 2.05. The Morgan fingerprint density at radius 1 is 1.32 bits per heavy atom. The van der Waals surface area contributed by atoms with Crippen molar-refractivity contribution in [3.63, 3.8) is 0 Å². The summed E-state index contributed by atoms with van der Waals surface area (Å²) in [5.41, 5.74) is 0.0674. The van der Waals surface area contributed by atoms with Crippen molar-refractivity contribution in [2.75, 3.05) is 0 Å². The highest BCUT2D eigenvalue weighted by molar-refractivity contribution is 5.67. The van der Waals surface area contributed by atoms with Gasteiger partial charge in [0.15, 0.2) is 0 Å². The highest BCUT2D eigenvalue weighted by atomic mass is 16.4. The van der Waals surface area contributed by atoms with Crippen LogP contribution in [-0.4, -0.2) is 25.8 Å². The van der Waals surface area contributed by atoms with Crippen LogP contribution in [-0.2, 0) is 10.3 Å². The maximum absolute atomic E-state index is 11.2. The van der Waals surface area contributed by atoms with Gasteiger partial charge in [-0.3, -0.25) is 4.79 Å². The Kier molecular flexibility index (Phi) is 2.16. The SMILES string of the molecule is O=C(O)CC12C[C@H]3C[C@@H](C1)CC(n1cncn1)(C3)C2. The van der Waals surface area contributed by atoms with E-state index in [2.05, 4.69) is 10.1 Å². The number of hydrogen-bond acceptors (Lipinski definition) is 3. The van der Waals surface area contributed by atoms with E-state index in [9.17, 15) is 9.90 Å². The van der Waals surface area contributed by atoms with Crippen molar-refractivity contribution in [2.45, 2.75) is 50.5 Å². The molecule has 4 saturated carbocycles. The van der Waals surface area contributed by atoms with E-state index in [-0.39, 0.29) is 11.0 Å². The summed E-state index contributed by atoms with van der Waals surface area (Å²) in [6, 6.07) is 0. The summed E-state index contributed by atoms with van der Waals surface area (Å²) >= 11 is 0. The van der Waals surface area contributed by atoms with Crippen molar-refractivity contribution in [1.82, 2.24) is 14.8 Å². The Morgan fingerprint density at radius 2 is 2.05 bits per heavy atom. The number of nitrogens with zero attached hydrogens (tertiary/aromatic N) is 3. The molecule has 4 atom stereocenters. The highest BCUT2D eigenvalue weighted by Crippen LogP contribution is 2.65. The minimum atomic E-state index is -0.643. The normalized spacial score (nSPS) is 43.6. The molecule has 4 fully saturated rings. The zero-order chi connectivity index (χ0) is 13.1. The molecule has 4 bridgehead atoms. The summed E-state index contributed by atoms with van der Waals surface area (Å²) in [7, 11) is 0. The quantitative estimate of drug-likeness (QED) is 0.904. The van der Waals surface area contributed by atoms with Gasteiger partial charge in [-0.2, -0.15) is 5.10 Å². The third-order valence-corrected chi connectivity index (χ3v) is 5.58. The van der Waals surface area contributed by atoms with Crippen LogP contribution >= 0.6 is 0 Å². The van der Waals surface area contributed by atoms with E-state index in [1.54, 1.807) is 6.33 Å². The fourth-order valence-electron chi connectivity index (χ4n) is 5.65. The van der Waals surface area contributed by atoms with Crippen LogP contribution in [0.2, 0.25) is 0 Å². The van der Waals surface area contributed by atoms with Crippen molar-refractivity contribution in [1.29, 1.82) is 0 Å². The molecule has 2 unspecified atom stereocenters. The fourth-order valence-corrected chi connectivity index (χ4v) is 5.65. The van der Waals surface area contributed by atoms with Gasteiger partial charge in [0.05, 0.1) is 12.0 Å². The van der Waals surface area contributed by atoms with Crippen molar-refractivity contribution >= 4 is 5.97 Å². The van der Waals surface area contributed by atoms with E-state index in [1.807, 2.05) is 11.0 Å². The van der Waals surface area contributed by atoms with Crippen molar-refractivity contribution in [3.05, 3.63) is 12.7 Å². The predicted molar refractivity (Wildman–Crippen MR) is 67.4 cm³/mol. The molecule has 5 heteroatoms. The molecule has 0 spiro atoms. The maximum atomic E-state index is 11.2. The lowest BCUT2D eigenvalue weighted by Crippen LogP contribution is -2.57. The van der Waals surface area contributed by atoms with Crippen LogP contribution < -0.4 is 0 Å². The Bertz CT molecular complexity index is 497. The zero-order valence-electron chi connectivity index (χ0n) is 11.0. The molecular formula is C14H19N3O2. The Balaban J connectivity index is 1.74. The molecule has 5 rings (SSSR count). The van der Waals surface area contributed by atoms with Crippen molar-refractivity contribution in [2.24, 2.45) is 17.3 Å². The molecule has 102 valence electrons. The number of aromatic nitrogens is 3. The topological polar surface area (TPSA) is 68.0 Å². The van der Waals surface area contributed by atoms with E-state index in [0.29, 0.717) is 18.3 Å². The summed E-state index contributed by atoms with van der Waals surface area (Å²) in [6.45, 7) is 0. The van der Waals surface area contributed by atoms with Crippen LogP contribution in [0.1, 0.15) is 44.9 Å². The molecule has 0 amide bonds. The number of carbonyl (C=O) groups is 1. The van der Waals surface area contributed by atoms with Crippen LogP contribution in [0, 0.1) is 17.3 Å². The minimum absolute atomic E-state index is 0.0157. The van der Waals surface area contributed by atoms with Gasteiger partial charge >= 0.3 is 5.97 Å². The van der Waals surface area contributed by atoms with Crippen LogP contribution in [0.5, 0.6) is 0 Å². The molecule has 1 heterocycles. The number of hydrogen-bond donors (Lipinski definition) is 1. The molecular weight excluding hydrogens is 242 g/mol. The summed E-state index contributed by atoms with van der Waals surface area (Å²) in [4.78, 5) is 15.3. The second-order valence-electron chi connectivity index (χ2n) is 7.10. The average molecular weight is 261 g/mol. The van der Waals surface area contributed by atoms with Gasteiger partial charge in [0.2, 0.25) is 0 Å². The van der Waals surface area contributed by atoms with Gasteiger partial charge < -0.3 is 5.11 Å². The van der Waals surface area contributed by atoms with Crippen LogP contribution in [0.3, 0.4) is 0 Å². The first-order valence-corrected chi connectivity index (χ1v) is 7.16. The third-order valence-electron chi connectivity index (χ3n) is 5.58. The maximum Gasteiger partial charge on any atom is 0.303 e. The van der Waals surface area contributed by atoms with Gasteiger partial charge in [0.1, 0.15) is 12.7 Å². The number of carboxylic acids is 1. The van der Waals surface area contributed by atoms with Gasteiger partial charge in [-0.05, 0) is 55.8 Å². The minimum Gasteiger partial charge on any atom is -0.481 e. The molecule has 4 aliphatic rings. The molecule has 0 aliphatic heterocycles. The molecule has 0 aromatic carbocycles. The van der Waals surface area contributed by atoms with Gasteiger partial charge in [-0.1, -0.05) is 0 Å². The Labute approximate surface area is 112 Å². The standard InChI is InChI=1S/C14H19N3O2/c18-12(19)6-13-2-10-1-11(3-13)5-14(4-10,7-13)17-9-15-8-16-17/h8-11H,1-7H2,(H,18,19)/t10-,11+,13?,14?. The van der Waals surface area contributed by atoms with Gasteiger partial charge in [-0.25, -0.2) is 9.67 Å². The first kappa shape index (κ1) is 11.4. The lowest BCUT2D eigenvalue weighted by Gasteiger charge is -2.61. The number of carboxylic acid groups (broad SMARTS) is 1. The van der Waals surface area contributed by atoms with E-state index in [0.717, 1.165) is 32.1 Å². The summed E-state index contributed by atoms with van der Waals surface area (Å²) < 4.78 is 2.03. The van der Waals surface area contributed by atoms with Gasteiger partial charge in [0, 0.05) is 0 Å².